The van der Waals surface area contributed by atoms with Crippen LogP contribution < -0.4 is 19.8 Å². The molecule has 1 aromatic carbocycles. The maximum Gasteiger partial charge on any atom is 0.383 e. The predicted molar refractivity (Wildman–Crippen MR) is 104 cm³/mol. The van der Waals surface area contributed by atoms with Crippen LogP contribution in [-0.2, 0) is 5.41 Å². The number of methoxy groups -OCH3 is 3. The van der Waals surface area contributed by atoms with Crippen LogP contribution >= 0.6 is 11.3 Å². The predicted octanol–water partition coefficient (Wildman–Crippen LogP) is 4.84. The van der Waals surface area contributed by atoms with Crippen LogP contribution in [0, 0.1) is 0 Å². The van der Waals surface area contributed by atoms with E-state index in [2.05, 4.69) is 32.9 Å². The van der Waals surface area contributed by atoms with Gasteiger partial charge in [-0.25, -0.2) is 4.79 Å². The molecule has 0 radical (unpaired) electrons. The monoisotopic (exact) mass is 374 g/mol. The van der Waals surface area contributed by atoms with Crippen molar-refractivity contribution in [2.45, 2.75) is 26.2 Å². The molecule has 2 aromatic heterocycles. The van der Waals surface area contributed by atoms with Gasteiger partial charge in [0, 0.05) is 9.75 Å². The fourth-order valence-electron chi connectivity index (χ4n) is 2.82. The van der Waals surface area contributed by atoms with Crippen molar-refractivity contribution in [2.24, 2.45) is 0 Å². The zero-order valence-electron chi connectivity index (χ0n) is 15.8. The summed E-state index contributed by atoms with van der Waals surface area (Å²) in [6.45, 7) is 6.54. The normalized spacial score (nSPS) is 11.6. The lowest BCUT2D eigenvalue weighted by Gasteiger charge is -2.15. The quantitative estimate of drug-likeness (QED) is 0.611. The Hall–Kier alpha value is -2.47. The average molecular weight is 374 g/mol. The Balaban J connectivity index is 2.28. The number of hydrogen-bond donors (Lipinski definition) is 0. The van der Waals surface area contributed by atoms with Crippen molar-refractivity contribution in [3.8, 4) is 27.7 Å². The van der Waals surface area contributed by atoms with Gasteiger partial charge in [-0.15, -0.1) is 11.3 Å². The number of benzene rings is 1. The highest BCUT2D eigenvalue weighted by Gasteiger charge is 2.22. The molecule has 0 aliphatic heterocycles. The third kappa shape index (κ3) is 3.05. The molecule has 0 bridgehead atoms. The number of thiophene rings is 1. The van der Waals surface area contributed by atoms with Crippen molar-refractivity contribution in [3.05, 3.63) is 39.6 Å². The van der Waals surface area contributed by atoms with Crippen molar-refractivity contribution in [3.63, 3.8) is 0 Å². The van der Waals surface area contributed by atoms with Gasteiger partial charge in [0.1, 0.15) is 16.7 Å². The Morgan fingerprint density at radius 2 is 1.65 bits per heavy atom. The fraction of sp³-hybridized carbons (Fsp3) is 0.350. The summed E-state index contributed by atoms with van der Waals surface area (Å²) in [5, 5.41) is 0.572. The highest BCUT2D eigenvalue weighted by atomic mass is 32.1. The Morgan fingerprint density at radius 3 is 2.19 bits per heavy atom. The lowest BCUT2D eigenvalue weighted by atomic mass is 9.95. The number of rotatable bonds is 4. The van der Waals surface area contributed by atoms with Gasteiger partial charge in [-0.3, -0.25) is 0 Å². The van der Waals surface area contributed by atoms with E-state index in [1.807, 2.05) is 12.1 Å². The van der Waals surface area contributed by atoms with Crippen LogP contribution in [0.2, 0.25) is 0 Å². The van der Waals surface area contributed by atoms with E-state index in [9.17, 15) is 4.79 Å². The molecule has 0 aliphatic rings. The Kier molecular flexibility index (Phi) is 4.71. The van der Waals surface area contributed by atoms with Crippen LogP contribution in [0.3, 0.4) is 0 Å². The molecule has 3 rings (SSSR count). The van der Waals surface area contributed by atoms with Crippen LogP contribution in [-0.4, -0.2) is 21.3 Å². The van der Waals surface area contributed by atoms with Crippen LogP contribution in [0.5, 0.6) is 17.2 Å². The van der Waals surface area contributed by atoms with Crippen LogP contribution in [0.25, 0.3) is 21.4 Å². The minimum Gasteiger partial charge on any atom is -0.496 e. The summed E-state index contributed by atoms with van der Waals surface area (Å²) in [5.74, 6) is 0.892. The minimum atomic E-state index is -0.586. The molecule has 5 nitrogen and oxygen atoms in total. The van der Waals surface area contributed by atoms with E-state index in [1.165, 1.54) is 19.1 Å². The summed E-state index contributed by atoms with van der Waals surface area (Å²) in [6, 6.07) is 7.95. The average Bonchev–Trinajstić information content (AvgIpc) is 3.09. The molecule has 0 aliphatic carbocycles. The van der Waals surface area contributed by atoms with Gasteiger partial charge in [0.2, 0.25) is 5.75 Å². The second-order valence-corrected chi connectivity index (χ2v) is 8.01. The van der Waals surface area contributed by atoms with E-state index in [-0.39, 0.29) is 11.2 Å². The number of ether oxygens (including phenoxy) is 3. The first kappa shape index (κ1) is 18.3. The summed E-state index contributed by atoms with van der Waals surface area (Å²) < 4.78 is 21.6. The molecule has 0 spiro atoms. The third-order valence-electron chi connectivity index (χ3n) is 4.15. The van der Waals surface area contributed by atoms with Gasteiger partial charge in [0.15, 0.2) is 5.75 Å². The first-order valence-corrected chi connectivity index (χ1v) is 8.99. The molecule has 0 fully saturated rings. The van der Waals surface area contributed by atoms with Crippen LogP contribution in [0.4, 0.5) is 0 Å². The Morgan fingerprint density at radius 1 is 0.962 bits per heavy atom. The summed E-state index contributed by atoms with van der Waals surface area (Å²) in [7, 11) is 4.46. The fourth-order valence-corrected chi connectivity index (χ4v) is 3.87. The first-order valence-electron chi connectivity index (χ1n) is 8.17. The van der Waals surface area contributed by atoms with Gasteiger partial charge < -0.3 is 18.6 Å². The van der Waals surface area contributed by atoms with Gasteiger partial charge >= 0.3 is 5.63 Å². The summed E-state index contributed by atoms with van der Waals surface area (Å²) >= 11 is 1.71. The molecule has 26 heavy (non-hydrogen) atoms. The van der Waals surface area contributed by atoms with E-state index in [0.29, 0.717) is 22.5 Å². The van der Waals surface area contributed by atoms with Crippen LogP contribution in [0.15, 0.2) is 33.5 Å². The molecule has 0 amide bonds. The standard InChI is InChI=1S/C20H22O5S/c1-20(2,3)15-8-7-14(26-15)11-9-12(22-4)16-13(10-11)25-19(21)18(24-6)17(16)23-5/h7-10H,1-6H3. The molecule has 0 N–H and O–H groups in total. The van der Waals surface area contributed by atoms with Gasteiger partial charge in [-0.05, 0) is 35.2 Å². The molecule has 0 saturated carbocycles. The highest BCUT2D eigenvalue weighted by molar-refractivity contribution is 7.15. The molecule has 3 aromatic rings. The molecule has 0 unspecified atom stereocenters. The van der Waals surface area contributed by atoms with Crippen molar-refractivity contribution in [1.82, 2.24) is 0 Å². The summed E-state index contributed by atoms with van der Waals surface area (Å²) in [5.41, 5.74) is 0.808. The number of fused-ring (bicyclic) bond motifs is 1. The Labute approximate surface area is 156 Å². The summed E-state index contributed by atoms with van der Waals surface area (Å²) in [4.78, 5) is 14.6. The van der Waals surface area contributed by atoms with Gasteiger partial charge in [0.25, 0.3) is 0 Å². The highest BCUT2D eigenvalue weighted by Crippen LogP contribution is 2.43. The SMILES string of the molecule is COc1c(OC)c2c(OC)cc(-c3ccc(C(C)(C)C)s3)cc2oc1=O. The molecule has 0 atom stereocenters. The van der Waals surface area contributed by atoms with Gasteiger partial charge in [-0.1, -0.05) is 20.8 Å². The molecular formula is C20H22O5S. The topological polar surface area (TPSA) is 57.9 Å². The zero-order chi connectivity index (χ0) is 19.1. The van der Waals surface area contributed by atoms with Crippen LogP contribution in [0.1, 0.15) is 25.6 Å². The minimum absolute atomic E-state index is 0.0252. The Bertz CT molecular complexity index is 1010. The number of hydrogen-bond acceptors (Lipinski definition) is 6. The molecule has 138 valence electrons. The van der Waals surface area contributed by atoms with E-state index >= 15 is 0 Å². The second-order valence-electron chi connectivity index (χ2n) is 6.92. The molecule has 0 saturated heterocycles. The molecule has 6 heteroatoms. The lowest BCUT2D eigenvalue weighted by molar-refractivity contribution is 0.336. The maximum atomic E-state index is 12.2. The largest absolute Gasteiger partial charge is 0.496 e. The van der Waals surface area contributed by atoms with Gasteiger partial charge in [-0.2, -0.15) is 0 Å². The molecular weight excluding hydrogens is 352 g/mol. The van der Waals surface area contributed by atoms with Crippen molar-refractivity contribution in [1.29, 1.82) is 0 Å². The van der Waals surface area contributed by atoms with Crippen molar-refractivity contribution >= 4 is 22.3 Å². The third-order valence-corrected chi connectivity index (χ3v) is 5.71. The lowest BCUT2D eigenvalue weighted by Crippen LogP contribution is -2.07. The van der Waals surface area contributed by atoms with E-state index in [4.69, 9.17) is 18.6 Å². The first-order chi connectivity index (χ1) is 12.3. The molecule has 2 heterocycles. The van der Waals surface area contributed by atoms with Crippen molar-refractivity contribution in [2.75, 3.05) is 21.3 Å². The van der Waals surface area contributed by atoms with E-state index in [1.54, 1.807) is 18.4 Å². The van der Waals surface area contributed by atoms with Crippen molar-refractivity contribution < 1.29 is 18.6 Å². The maximum absolute atomic E-state index is 12.2. The summed E-state index contributed by atoms with van der Waals surface area (Å²) in [6.07, 6.45) is 0. The smallest absolute Gasteiger partial charge is 0.383 e. The second kappa shape index (κ2) is 6.68. The van der Waals surface area contributed by atoms with E-state index < -0.39 is 5.63 Å². The van der Waals surface area contributed by atoms with E-state index in [0.717, 1.165) is 10.4 Å². The van der Waals surface area contributed by atoms with Gasteiger partial charge in [0.05, 0.1) is 21.3 Å². The zero-order valence-corrected chi connectivity index (χ0v) is 16.6.